The van der Waals surface area contributed by atoms with Crippen LogP contribution in [0.4, 0.5) is 0 Å². The van der Waals surface area contributed by atoms with Gasteiger partial charge in [-0.2, -0.15) is 0 Å². The molecular formula is C4H5Cl3O. The standard InChI is InChI=1S/C4H5Cl3O/c5-2-1-4(6,7)3-8/h3H,1-2H2. The van der Waals surface area contributed by atoms with Crippen molar-refractivity contribution in [2.45, 2.75) is 10.8 Å². The molecule has 0 aromatic rings. The van der Waals surface area contributed by atoms with Gasteiger partial charge in [0.15, 0.2) is 10.6 Å². The number of carbonyl (C=O) groups is 1. The first-order chi connectivity index (χ1) is 3.62. The Kier molecular flexibility index (Phi) is 3.78. The summed E-state index contributed by atoms with van der Waals surface area (Å²) in [6.45, 7) is 0. The van der Waals surface area contributed by atoms with E-state index in [1.165, 1.54) is 0 Å². The Balaban J connectivity index is 3.53. The minimum absolute atomic E-state index is 0.293. The van der Waals surface area contributed by atoms with Crippen LogP contribution in [-0.4, -0.2) is 16.5 Å². The smallest absolute Gasteiger partial charge is 0.174 e. The third kappa shape index (κ3) is 3.53. The van der Waals surface area contributed by atoms with Crippen LogP contribution in [0.15, 0.2) is 0 Å². The van der Waals surface area contributed by atoms with Gasteiger partial charge in [-0.15, -0.1) is 11.6 Å². The van der Waals surface area contributed by atoms with Crippen molar-refractivity contribution in [3.05, 3.63) is 0 Å². The van der Waals surface area contributed by atoms with Gasteiger partial charge >= 0.3 is 0 Å². The second-order valence-electron chi connectivity index (χ2n) is 1.32. The molecule has 0 unspecified atom stereocenters. The van der Waals surface area contributed by atoms with Crippen LogP contribution in [0.3, 0.4) is 0 Å². The van der Waals surface area contributed by atoms with E-state index in [0.717, 1.165) is 0 Å². The van der Waals surface area contributed by atoms with E-state index >= 15 is 0 Å². The zero-order valence-corrected chi connectivity index (χ0v) is 6.30. The summed E-state index contributed by atoms with van der Waals surface area (Å²) in [6, 6.07) is 0. The van der Waals surface area contributed by atoms with Crippen molar-refractivity contribution in [1.29, 1.82) is 0 Å². The minimum Gasteiger partial charge on any atom is -0.300 e. The van der Waals surface area contributed by atoms with E-state index in [2.05, 4.69) is 0 Å². The SMILES string of the molecule is O=CC(Cl)(Cl)CCCl. The van der Waals surface area contributed by atoms with Gasteiger partial charge in [0.25, 0.3) is 0 Å². The quantitative estimate of drug-likeness (QED) is 0.474. The summed E-state index contributed by atoms with van der Waals surface area (Å²) in [5.74, 6) is 0.297. The predicted octanol–water partition coefficient (Wildman–Crippen LogP) is 1.99. The number of rotatable bonds is 3. The van der Waals surface area contributed by atoms with Gasteiger partial charge in [0.2, 0.25) is 0 Å². The largest absolute Gasteiger partial charge is 0.300 e. The molecule has 48 valence electrons. The van der Waals surface area contributed by atoms with Crippen molar-refractivity contribution in [2.24, 2.45) is 0 Å². The molecule has 0 aliphatic carbocycles. The van der Waals surface area contributed by atoms with Crippen LogP contribution < -0.4 is 0 Å². The third-order valence-electron chi connectivity index (χ3n) is 0.600. The summed E-state index contributed by atoms with van der Waals surface area (Å²) in [7, 11) is 0. The van der Waals surface area contributed by atoms with E-state index in [1.54, 1.807) is 0 Å². The van der Waals surface area contributed by atoms with Crippen molar-refractivity contribution >= 4 is 41.1 Å². The van der Waals surface area contributed by atoms with Gasteiger partial charge in [0, 0.05) is 12.3 Å². The molecule has 0 aliphatic rings. The van der Waals surface area contributed by atoms with Crippen LogP contribution in [0.1, 0.15) is 6.42 Å². The van der Waals surface area contributed by atoms with E-state index in [1.807, 2.05) is 0 Å². The lowest BCUT2D eigenvalue weighted by Crippen LogP contribution is -2.14. The number of halogens is 3. The Morgan fingerprint density at radius 3 is 2.12 bits per heavy atom. The average Bonchev–Trinajstić information content (AvgIpc) is 1.67. The molecule has 4 heteroatoms. The fourth-order valence-electron chi connectivity index (χ4n) is 0.185. The highest BCUT2D eigenvalue weighted by molar-refractivity contribution is 6.55. The summed E-state index contributed by atoms with van der Waals surface area (Å²) in [6.07, 6.45) is 0.764. The first-order valence-electron chi connectivity index (χ1n) is 2.02. The molecule has 0 aliphatic heterocycles. The number of aldehydes is 1. The lowest BCUT2D eigenvalue weighted by molar-refractivity contribution is -0.108. The number of carbonyl (C=O) groups excluding carboxylic acids is 1. The molecule has 0 heterocycles. The molecule has 0 radical (unpaired) electrons. The van der Waals surface area contributed by atoms with Crippen LogP contribution >= 0.6 is 34.8 Å². The monoisotopic (exact) mass is 174 g/mol. The average molecular weight is 175 g/mol. The lowest BCUT2D eigenvalue weighted by atomic mass is 10.3. The molecule has 0 saturated heterocycles. The molecule has 1 nitrogen and oxygen atoms in total. The third-order valence-corrected chi connectivity index (χ3v) is 1.35. The van der Waals surface area contributed by atoms with Crippen molar-refractivity contribution in [3.8, 4) is 0 Å². The van der Waals surface area contributed by atoms with Crippen LogP contribution in [0, 0.1) is 0 Å². The molecule has 0 atom stereocenters. The van der Waals surface area contributed by atoms with E-state index in [4.69, 9.17) is 34.8 Å². The molecular weight excluding hydrogens is 170 g/mol. The second-order valence-corrected chi connectivity index (χ2v) is 3.24. The molecule has 0 aromatic heterocycles. The van der Waals surface area contributed by atoms with Crippen LogP contribution in [0.2, 0.25) is 0 Å². The lowest BCUT2D eigenvalue weighted by Gasteiger charge is -2.06. The first kappa shape index (κ1) is 8.54. The van der Waals surface area contributed by atoms with Crippen molar-refractivity contribution in [1.82, 2.24) is 0 Å². The molecule has 0 bridgehead atoms. The van der Waals surface area contributed by atoms with Crippen molar-refractivity contribution in [2.75, 3.05) is 5.88 Å². The second kappa shape index (κ2) is 3.54. The summed E-state index contributed by atoms with van der Waals surface area (Å²) < 4.78 is -1.28. The van der Waals surface area contributed by atoms with Gasteiger partial charge in [-0.25, -0.2) is 0 Å². The summed E-state index contributed by atoms with van der Waals surface area (Å²) in [5.41, 5.74) is 0. The molecule has 0 aromatic carbocycles. The highest BCUT2D eigenvalue weighted by Crippen LogP contribution is 2.22. The fraction of sp³-hybridized carbons (Fsp3) is 0.750. The van der Waals surface area contributed by atoms with Crippen LogP contribution in [-0.2, 0) is 4.79 Å². The zero-order chi connectivity index (χ0) is 6.62. The van der Waals surface area contributed by atoms with E-state index in [0.29, 0.717) is 18.6 Å². The highest BCUT2D eigenvalue weighted by atomic mass is 35.5. The topological polar surface area (TPSA) is 17.1 Å². The summed E-state index contributed by atoms with van der Waals surface area (Å²) in [5, 5.41) is 0. The summed E-state index contributed by atoms with van der Waals surface area (Å²) >= 11 is 15.9. The van der Waals surface area contributed by atoms with Crippen LogP contribution in [0.25, 0.3) is 0 Å². The van der Waals surface area contributed by atoms with Gasteiger partial charge in [0.1, 0.15) is 0 Å². The van der Waals surface area contributed by atoms with Gasteiger partial charge in [-0.05, 0) is 0 Å². The Morgan fingerprint density at radius 1 is 1.50 bits per heavy atom. The van der Waals surface area contributed by atoms with E-state index in [-0.39, 0.29) is 0 Å². The number of hydrogen-bond acceptors (Lipinski definition) is 1. The number of alkyl halides is 3. The minimum atomic E-state index is -1.28. The molecule has 0 rings (SSSR count). The van der Waals surface area contributed by atoms with Crippen molar-refractivity contribution < 1.29 is 4.79 Å². The highest BCUT2D eigenvalue weighted by Gasteiger charge is 2.20. The number of hydrogen-bond donors (Lipinski definition) is 0. The van der Waals surface area contributed by atoms with Gasteiger partial charge in [0.05, 0.1) is 0 Å². The normalized spacial score (nSPS) is 11.4. The zero-order valence-electron chi connectivity index (χ0n) is 4.03. The first-order valence-corrected chi connectivity index (χ1v) is 3.31. The molecule has 8 heavy (non-hydrogen) atoms. The molecule has 0 N–H and O–H groups in total. The van der Waals surface area contributed by atoms with Gasteiger partial charge in [-0.1, -0.05) is 23.2 Å². The predicted molar refractivity (Wildman–Crippen MR) is 35.8 cm³/mol. The van der Waals surface area contributed by atoms with Gasteiger partial charge in [-0.3, -0.25) is 0 Å². The maximum absolute atomic E-state index is 9.89. The molecule has 0 fully saturated rings. The Morgan fingerprint density at radius 2 is 2.00 bits per heavy atom. The molecule has 0 amide bonds. The van der Waals surface area contributed by atoms with Crippen LogP contribution in [0.5, 0.6) is 0 Å². The van der Waals surface area contributed by atoms with E-state index in [9.17, 15) is 4.79 Å². The van der Waals surface area contributed by atoms with Crippen molar-refractivity contribution in [3.63, 3.8) is 0 Å². The van der Waals surface area contributed by atoms with E-state index < -0.39 is 4.33 Å². The Hall–Kier alpha value is 0.540. The Labute approximate surface area is 62.9 Å². The molecule has 0 saturated carbocycles. The fourth-order valence-corrected chi connectivity index (χ4v) is 0.865. The summed E-state index contributed by atoms with van der Waals surface area (Å²) in [4.78, 5) is 9.89. The maximum atomic E-state index is 9.89. The van der Waals surface area contributed by atoms with Gasteiger partial charge < -0.3 is 4.79 Å². The molecule has 0 spiro atoms. The maximum Gasteiger partial charge on any atom is 0.174 e. The Bertz CT molecular complexity index is 81.4.